The summed E-state index contributed by atoms with van der Waals surface area (Å²) in [5.41, 5.74) is 6.50. The lowest BCUT2D eigenvalue weighted by molar-refractivity contribution is 0.897. The molecule has 0 amide bonds. The number of fused-ring (bicyclic) bond motifs is 1. The van der Waals surface area contributed by atoms with Crippen molar-refractivity contribution in [3.05, 3.63) is 34.6 Å². The van der Waals surface area contributed by atoms with Gasteiger partial charge in [0.15, 0.2) is 5.82 Å². The molecule has 4 heteroatoms. The maximum absolute atomic E-state index is 11.3. The van der Waals surface area contributed by atoms with Crippen LogP contribution in [0.15, 0.2) is 23.0 Å². The first kappa shape index (κ1) is 7.79. The van der Waals surface area contributed by atoms with Gasteiger partial charge in [-0.2, -0.15) is 0 Å². The van der Waals surface area contributed by atoms with Crippen molar-refractivity contribution in [3.63, 3.8) is 0 Å². The molecule has 0 spiro atoms. The standard InChI is InChI=1S/C9H8N3O/c1-12-7-5-3-2-4-6(7)11-8(10)9(12)13/h2-3,5H,1H3,(H2,10,11). The first-order valence-corrected chi connectivity index (χ1v) is 3.83. The molecule has 0 aliphatic rings. The molecule has 65 valence electrons. The molecule has 13 heavy (non-hydrogen) atoms. The first-order chi connectivity index (χ1) is 6.20. The van der Waals surface area contributed by atoms with E-state index in [-0.39, 0.29) is 11.4 Å². The number of aryl methyl sites for hydroxylation is 1. The van der Waals surface area contributed by atoms with Crippen LogP contribution in [-0.4, -0.2) is 9.55 Å². The molecule has 2 N–H and O–H groups in total. The van der Waals surface area contributed by atoms with Crippen LogP contribution in [0.4, 0.5) is 5.82 Å². The minimum Gasteiger partial charge on any atom is -0.379 e. The number of hydrogen-bond acceptors (Lipinski definition) is 3. The van der Waals surface area contributed by atoms with Crippen molar-refractivity contribution in [2.45, 2.75) is 0 Å². The topological polar surface area (TPSA) is 60.9 Å². The normalized spacial score (nSPS) is 10.5. The third-order valence-electron chi connectivity index (χ3n) is 1.93. The lowest BCUT2D eigenvalue weighted by atomic mass is 10.3. The number of benzene rings is 1. The zero-order chi connectivity index (χ0) is 9.42. The average Bonchev–Trinajstić information content (AvgIpc) is 2.15. The van der Waals surface area contributed by atoms with Gasteiger partial charge in [-0.25, -0.2) is 4.98 Å². The molecular weight excluding hydrogens is 166 g/mol. The molecule has 2 rings (SSSR count). The van der Waals surface area contributed by atoms with Crippen molar-refractivity contribution in [2.75, 3.05) is 5.73 Å². The van der Waals surface area contributed by atoms with E-state index in [1.807, 2.05) is 0 Å². The maximum Gasteiger partial charge on any atom is 0.293 e. The van der Waals surface area contributed by atoms with Crippen molar-refractivity contribution < 1.29 is 0 Å². The molecule has 0 aliphatic heterocycles. The van der Waals surface area contributed by atoms with Crippen LogP contribution < -0.4 is 11.3 Å². The van der Waals surface area contributed by atoms with Crippen LogP contribution in [0.2, 0.25) is 0 Å². The Hall–Kier alpha value is -1.84. The van der Waals surface area contributed by atoms with Crippen molar-refractivity contribution in [1.82, 2.24) is 9.55 Å². The number of aromatic nitrogens is 2. The van der Waals surface area contributed by atoms with Crippen LogP contribution in [0.5, 0.6) is 0 Å². The van der Waals surface area contributed by atoms with Crippen molar-refractivity contribution in [3.8, 4) is 0 Å². The van der Waals surface area contributed by atoms with E-state index in [1.54, 1.807) is 25.2 Å². The van der Waals surface area contributed by atoms with Crippen LogP contribution in [-0.2, 0) is 7.05 Å². The quantitative estimate of drug-likeness (QED) is 0.625. The number of nitrogens with two attached hydrogens (primary N) is 1. The van der Waals surface area contributed by atoms with Gasteiger partial charge in [0.2, 0.25) is 0 Å². The number of hydrogen-bond donors (Lipinski definition) is 1. The Kier molecular flexibility index (Phi) is 1.55. The number of anilines is 1. The largest absolute Gasteiger partial charge is 0.379 e. The van der Waals surface area contributed by atoms with Gasteiger partial charge in [0.05, 0.1) is 11.0 Å². The predicted molar refractivity (Wildman–Crippen MR) is 50.2 cm³/mol. The van der Waals surface area contributed by atoms with E-state index < -0.39 is 0 Å². The summed E-state index contributed by atoms with van der Waals surface area (Å²) in [6.45, 7) is 0. The molecule has 2 aromatic rings. The summed E-state index contributed by atoms with van der Waals surface area (Å²) < 4.78 is 1.47. The fraction of sp³-hybridized carbons (Fsp3) is 0.111. The second kappa shape index (κ2) is 2.58. The molecule has 1 radical (unpaired) electrons. The van der Waals surface area contributed by atoms with Crippen LogP contribution >= 0.6 is 0 Å². The Bertz CT molecular complexity index is 516. The van der Waals surface area contributed by atoms with Crippen LogP contribution in [0.3, 0.4) is 0 Å². The van der Waals surface area contributed by atoms with E-state index in [0.717, 1.165) is 5.52 Å². The highest BCUT2D eigenvalue weighted by molar-refractivity contribution is 5.75. The third-order valence-corrected chi connectivity index (χ3v) is 1.93. The molecule has 1 aromatic heterocycles. The van der Waals surface area contributed by atoms with E-state index in [9.17, 15) is 4.79 Å². The molecule has 4 nitrogen and oxygen atoms in total. The van der Waals surface area contributed by atoms with Crippen molar-refractivity contribution >= 4 is 16.9 Å². The second-order valence-corrected chi connectivity index (χ2v) is 2.77. The Balaban J connectivity index is 3.02. The fourth-order valence-corrected chi connectivity index (χ4v) is 1.23. The Morgan fingerprint density at radius 2 is 2.38 bits per heavy atom. The summed E-state index contributed by atoms with van der Waals surface area (Å²) in [5, 5.41) is 0. The highest BCUT2D eigenvalue weighted by atomic mass is 16.1. The summed E-state index contributed by atoms with van der Waals surface area (Å²) >= 11 is 0. The number of para-hydroxylation sites is 1. The van der Waals surface area contributed by atoms with Gasteiger partial charge in [-0.15, -0.1) is 0 Å². The van der Waals surface area contributed by atoms with E-state index in [2.05, 4.69) is 11.1 Å². The second-order valence-electron chi connectivity index (χ2n) is 2.77. The van der Waals surface area contributed by atoms with E-state index in [1.165, 1.54) is 4.57 Å². The molecular formula is C9H8N3O. The van der Waals surface area contributed by atoms with Gasteiger partial charge in [-0.3, -0.25) is 4.79 Å². The van der Waals surface area contributed by atoms with E-state index in [4.69, 9.17) is 5.73 Å². The molecule has 0 fully saturated rings. The first-order valence-electron chi connectivity index (χ1n) is 3.83. The summed E-state index contributed by atoms with van der Waals surface area (Å²) in [6, 6.07) is 8.25. The Morgan fingerprint density at radius 1 is 1.62 bits per heavy atom. The Morgan fingerprint density at radius 3 is 3.15 bits per heavy atom. The highest BCUT2D eigenvalue weighted by Gasteiger charge is 2.03. The van der Waals surface area contributed by atoms with Gasteiger partial charge >= 0.3 is 0 Å². The smallest absolute Gasteiger partial charge is 0.293 e. The van der Waals surface area contributed by atoms with E-state index in [0.29, 0.717) is 5.52 Å². The molecule has 1 heterocycles. The van der Waals surface area contributed by atoms with Gasteiger partial charge in [0, 0.05) is 13.1 Å². The summed E-state index contributed by atoms with van der Waals surface area (Å²) in [6.07, 6.45) is 0. The van der Waals surface area contributed by atoms with Gasteiger partial charge in [-0.1, -0.05) is 12.1 Å². The molecule has 1 aromatic carbocycles. The molecule has 0 aliphatic carbocycles. The van der Waals surface area contributed by atoms with Crippen molar-refractivity contribution in [2.24, 2.45) is 7.05 Å². The zero-order valence-corrected chi connectivity index (χ0v) is 7.11. The SMILES string of the molecule is Cn1c(=O)c(N)nc2[c]cccc21. The van der Waals surface area contributed by atoms with Gasteiger partial charge in [0.1, 0.15) is 0 Å². The molecule has 0 unspecified atom stereocenters. The molecule has 0 saturated carbocycles. The average molecular weight is 174 g/mol. The van der Waals surface area contributed by atoms with Crippen LogP contribution in [0.1, 0.15) is 0 Å². The maximum atomic E-state index is 11.3. The summed E-state index contributed by atoms with van der Waals surface area (Å²) in [7, 11) is 1.66. The minimum absolute atomic E-state index is 0.0115. The number of rotatable bonds is 0. The number of nitrogens with zero attached hydrogens (tertiary/aromatic N) is 2. The Labute approximate surface area is 74.6 Å². The van der Waals surface area contributed by atoms with Gasteiger partial charge in [-0.05, 0) is 6.07 Å². The van der Waals surface area contributed by atoms with E-state index >= 15 is 0 Å². The van der Waals surface area contributed by atoms with Crippen molar-refractivity contribution in [1.29, 1.82) is 0 Å². The minimum atomic E-state index is -0.271. The molecule has 0 atom stereocenters. The molecule has 0 bridgehead atoms. The summed E-state index contributed by atoms with van der Waals surface area (Å²) in [5.74, 6) is 0.0115. The van der Waals surface area contributed by atoms with Gasteiger partial charge < -0.3 is 10.3 Å². The molecule has 0 saturated heterocycles. The van der Waals surface area contributed by atoms with Gasteiger partial charge in [0.25, 0.3) is 5.56 Å². The lowest BCUT2D eigenvalue weighted by Crippen LogP contribution is -2.21. The third kappa shape index (κ3) is 1.07. The highest BCUT2D eigenvalue weighted by Crippen LogP contribution is 2.07. The van der Waals surface area contributed by atoms with Crippen LogP contribution in [0.25, 0.3) is 11.0 Å². The monoisotopic (exact) mass is 174 g/mol. The lowest BCUT2D eigenvalue weighted by Gasteiger charge is -2.03. The predicted octanol–water partition coefficient (Wildman–Crippen LogP) is 0.316. The zero-order valence-electron chi connectivity index (χ0n) is 7.11. The fourth-order valence-electron chi connectivity index (χ4n) is 1.23. The summed E-state index contributed by atoms with van der Waals surface area (Å²) in [4.78, 5) is 15.3. The number of nitrogen functional groups attached to an aromatic ring is 1. The van der Waals surface area contributed by atoms with Crippen LogP contribution in [0, 0.1) is 6.07 Å².